The molecule has 1 aromatic heterocycles. The van der Waals surface area contributed by atoms with E-state index < -0.39 is 0 Å². The molecule has 0 bridgehead atoms. The van der Waals surface area contributed by atoms with Crippen LogP contribution in [0.25, 0.3) is 0 Å². The van der Waals surface area contributed by atoms with E-state index in [0.29, 0.717) is 13.2 Å². The van der Waals surface area contributed by atoms with E-state index in [2.05, 4.69) is 25.3 Å². The molecular formula is C19H26ClN5O2. The zero-order valence-corrected chi connectivity index (χ0v) is 16.4. The van der Waals surface area contributed by atoms with Crippen molar-refractivity contribution in [2.24, 2.45) is 4.99 Å². The van der Waals surface area contributed by atoms with Gasteiger partial charge in [0.25, 0.3) is 0 Å². The largest absolute Gasteiger partial charge is 0.375 e. The topological polar surface area (TPSA) is 66.1 Å². The van der Waals surface area contributed by atoms with E-state index in [1.165, 1.54) is 0 Å². The van der Waals surface area contributed by atoms with Crippen molar-refractivity contribution in [3.8, 4) is 0 Å². The lowest BCUT2D eigenvalue weighted by Crippen LogP contribution is -2.52. The number of nitrogens with zero attached hydrogens (tertiary/aromatic N) is 4. The van der Waals surface area contributed by atoms with Crippen LogP contribution < -0.4 is 5.32 Å². The highest BCUT2D eigenvalue weighted by molar-refractivity contribution is 6.30. The number of ether oxygens (including phenoxy) is 1. The Hall–Kier alpha value is -2.09. The summed E-state index contributed by atoms with van der Waals surface area (Å²) in [5.41, 5.74) is 2.09. The van der Waals surface area contributed by atoms with Crippen LogP contribution in [0.15, 0.2) is 46.1 Å². The molecule has 1 aliphatic heterocycles. The Labute approximate surface area is 164 Å². The first kappa shape index (κ1) is 19.7. The number of hydrogen-bond acceptors (Lipinski definition) is 5. The van der Waals surface area contributed by atoms with E-state index in [-0.39, 0.29) is 0 Å². The van der Waals surface area contributed by atoms with Crippen LogP contribution in [0.1, 0.15) is 11.3 Å². The van der Waals surface area contributed by atoms with Crippen LogP contribution in [-0.2, 0) is 17.9 Å². The van der Waals surface area contributed by atoms with Gasteiger partial charge in [-0.3, -0.25) is 9.89 Å². The van der Waals surface area contributed by atoms with Gasteiger partial charge in [0.1, 0.15) is 6.26 Å². The van der Waals surface area contributed by atoms with E-state index in [4.69, 9.17) is 20.9 Å². The summed E-state index contributed by atoms with van der Waals surface area (Å²) in [6.45, 7) is 6.56. The van der Waals surface area contributed by atoms with Gasteiger partial charge in [0, 0.05) is 57.4 Å². The highest BCUT2D eigenvalue weighted by Gasteiger charge is 2.20. The molecule has 0 aliphatic carbocycles. The van der Waals surface area contributed by atoms with E-state index in [1.54, 1.807) is 6.26 Å². The van der Waals surface area contributed by atoms with Crippen LogP contribution in [0.5, 0.6) is 0 Å². The Morgan fingerprint density at radius 3 is 2.67 bits per heavy atom. The fourth-order valence-corrected chi connectivity index (χ4v) is 3.13. The maximum atomic E-state index is 5.89. The van der Waals surface area contributed by atoms with Crippen molar-refractivity contribution < 1.29 is 9.26 Å². The van der Waals surface area contributed by atoms with Gasteiger partial charge in [-0.05, 0) is 17.7 Å². The Bertz CT molecular complexity index is 697. The number of piperazine rings is 1. The number of benzene rings is 1. The van der Waals surface area contributed by atoms with Crippen LogP contribution in [-0.4, -0.2) is 67.3 Å². The predicted octanol–water partition coefficient (Wildman–Crippen LogP) is 2.24. The van der Waals surface area contributed by atoms with Gasteiger partial charge in [-0.15, -0.1) is 0 Å². The molecule has 0 amide bonds. The maximum Gasteiger partial charge on any atom is 0.193 e. The summed E-state index contributed by atoms with van der Waals surface area (Å²) in [6, 6.07) is 9.63. The number of halogens is 1. The van der Waals surface area contributed by atoms with Crippen molar-refractivity contribution in [3.63, 3.8) is 0 Å². The van der Waals surface area contributed by atoms with Crippen LogP contribution in [0.4, 0.5) is 0 Å². The molecule has 1 fully saturated rings. The second kappa shape index (κ2) is 10.3. The van der Waals surface area contributed by atoms with Gasteiger partial charge in [-0.25, -0.2) is 0 Å². The third-order valence-electron chi connectivity index (χ3n) is 4.47. The minimum Gasteiger partial charge on any atom is -0.375 e. The first-order chi connectivity index (χ1) is 13.2. The fraction of sp³-hybridized carbons (Fsp3) is 0.474. The van der Waals surface area contributed by atoms with Crippen molar-refractivity contribution >= 4 is 17.6 Å². The summed E-state index contributed by atoms with van der Waals surface area (Å²) < 4.78 is 10.6. The van der Waals surface area contributed by atoms with Gasteiger partial charge in [0.05, 0.1) is 18.9 Å². The fourth-order valence-electron chi connectivity index (χ4n) is 3.00. The molecule has 3 rings (SSSR count). The summed E-state index contributed by atoms with van der Waals surface area (Å²) in [7, 11) is 1.82. The molecular weight excluding hydrogens is 366 g/mol. The summed E-state index contributed by atoms with van der Waals surface area (Å²) in [4.78, 5) is 9.04. The molecule has 1 aliphatic rings. The van der Waals surface area contributed by atoms with E-state index >= 15 is 0 Å². The number of rotatable bonds is 7. The summed E-state index contributed by atoms with van der Waals surface area (Å²) >= 11 is 5.89. The van der Waals surface area contributed by atoms with Gasteiger partial charge in [-0.1, -0.05) is 28.9 Å². The van der Waals surface area contributed by atoms with E-state index in [9.17, 15) is 0 Å². The zero-order chi connectivity index (χ0) is 18.9. The van der Waals surface area contributed by atoms with Gasteiger partial charge in [0.15, 0.2) is 5.96 Å². The van der Waals surface area contributed by atoms with Gasteiger partial charge >= 0.3 is 0 Å². The van der Waals surface area contributed by atoms with Crippen LogP contribution in [0.3, 0.4) is 0 Å². The van der Waals surface area contributed by atoms with Gasteiger partial charge in [-0.2, -0.15) is 0 Å². The van der Waals surface area contributed by atoms with E-state index in [1.807, 2.05) is 37.4 Å². The smallest absolute Gasteiger partial charge is 0.193 e. The lowest BCUT2D eigenvalue weighted by molar-refractivity contribution is 0.124. The number of hydrogen-bond donors (Lipinski definition) is 1. The Kier molecular flexibility index (Phi) is 7.50. The number of aliphatic imine (C=N–C) groups is 1. The van der Waals surface area contributed by atoms with Crippen molar-refractivity contribution in [2.45, 2.75) is 13.2 Å². The average molecular weight is 392 g/mol. The highest BCUT2D eigenvalue weighted by Crippen LogP contribution is 2.10. The van der Waals surface area contributed by atoms with Crippen molar-refractivity contribution in [1.82, 2.24) is 20.3 Å². The molecule has 0 radical (unpaired) electrons. The van der Waals surface area contributed by atoms with Crippen molar-refractivity contribution in [3.05, 3.63) is 52.9 Å². The summed E-state index contributed by atoms with van der Waals surface area (Å²) in [6.07, 6.45) is 1.62. The van der Waals surface area contributed by atoms with E-state index in [0.717, 1.165) is 61.5 Å². The van der Waals surface area contributed by atoms with Gasteiger partial charge < -0.3 is 19.5 Å². The Morgan fingerprint density at radius 2 is 2.00 bits per heavy atom. The molecule has 1 saturated heterocycles. The Balaban J connectivity index is 1.32. The highest BCUT2D eigenvalue weighted by atomic mass is 35.5. The molecule has 7 nitrogen and oxygen atoms in total. The van der Waals surface area contributed by atoms with Crippen LogP contribution in [0, 0.1) is 0 Å². The number of aromatic nitrogens is 1. The molecule has 8 heteroatoms. The molecule has 1 aromatic carbocycles. The first-order valence-corrected chi connectivity index (χ1v) is 9.52. The molecule has 27 heavy (non-hydrogen) atoms. The minimum atomic E-state index is 0.582. The first-order valence-electron chi connectivity index (χ1n) is 9.14. The van der Waals surface area contributed by atoms with Gasteiger partial charge in [0.2, 0.25) is 0 Å². The maximum absolute atomic E-state index is 5.89. The van der Waals surface area contributed by atoms with Crippen molar-refractivity contribution in [1.29, 1.82) is 0 Å². The average Bonchev–Trinajstić information content (AvgIpc) is 3.20. The summed E-state index contributed by atoms with van der Waals surface area (Å²) in [5.74, 6) is 0.922. The van der Waals surface area contributed by atoms with Crippen molar-refractivity contribution in [2.75, 3.05) is 46.4 Å². The molecule has 2 heterocycles. The number of nitrogens with one attached hydrogen (secondary N) is 1. The SMILES string of the molecule is CN=C(NCCOCc1ccc(Cl)cc1)N1CCN(Cc2ccon2)CC1. The lowest BCUT2D eigenvalue weighted by Gasteiger charge is -2.36. The minimum absolute atomic E-state index is 0.582. The monoisotopic (exact) mass is 391 g/mol. The predicted molar refractivity (Wildman–Crippen MR) is 106 cm³/mol. The summed E-state index contributed by atoms with van der Waals surface area (Å²) in [5, 5.41) is 8.10. The molecule has 0 saturated carbocycles. The molecule has 0 spiro atoms. The molecule has 1 N–H and O–H groups in total. The van der Waals surface area contributed by atoms with Crippen LogP contribution in [0.2, 0.25) is 5.02 Å². The normalized spacial score (nSPS) is 15.9. The quantitative estimate of drug-likeness (QED) is 0.443. The number of guanidine groups is 1. The zero-order valence-electron chi connectivity index (χ0n) is 15.6. The molecule has 0 unspecified atom stereocenters. The Morgan fingerprint density at radius 1 is 1.22 bits per heavy atom. The standard InChI is InChI=1S/C19H26ClN5O2/c1-21-19(22-7-13-26-15-16-2-4-17(20)5-3-16)25-10-8-24(9-11-25)14-18-6-12-27-23-18/h2-6,12H,7-11,13-15H2,1H3,(H,21,22). The lowest BCUT2D eigenvalue weighted by atomic mass is 10.2. The molecule has 146 valence electrons. The molecule has 0 atom stereocenters. The third kappa shape index (κ3) is 6.23. The second-order valence-corrected chi connectivity index (χ2v) is 6.84. The molecule has 2 aromatic rings. The third-order valence-corrected chi connectivity index (χ3v) is 4.72. The van der Waals surface area contributed by atoms with Crippen LogP contribution >= 0.6 is 11.6 Å². The second-order valence-electron chi connectivity index (χ2n) is 6.41.